The van der Waals surface area contributed by atoms with E-state index in [9.17, 15) is 39.0 Å². The number of aromatic hydroxyl groups is 2. The van der Waals surface area contributed by atoms with Gasteiger partial charge in [-0.15, -0.1) is 0 Å². The van der Waals surface area contributed by atoms with Crippen LogP contribution in [0.5, 0.6) is 28.7 Å². The quantitative estimate of drug-likeness (QED) is 0.207. The predicted molar refractivity (Wildman–Crippen MR) is 205 cm³/mol. The summed E-state index contributed by atoms with van der Waals surface area (Å²) in [5.74, 6) is -3.64. The molecule has 16 heteroatoms. The van der Waals surface area contributed by atoms with Crippen molar-refractivity contribution in [3.8, 4) is 28.7 Å². The van der Waals surface area contributed by atoms with Crippen LogP contribution in [0.4, 0.5) is 0 Å². The maximum Gasteiger partial charge on any atom is 0.342 e. The molecule has 56 heavy (non-hydrogen) atoms. The SMILES string of the molecule is COc1cc(C(CC(=O)N[C@@H](C)C(=O)NCc2cc(=O)n(C)c(=O)n2C)c2c(O)cc3c(c2O)C(=O)O[C@@H](C)CCCC(=O)CCCC=C3)cc(OC)c1OC. The highest BCUT2D eigenvalue weighted by Crippen LogP contribution is 2.47. The van der Waals surface area contributed by atoms with E-state index in [1.54, 1.807) is 19.1 Å². The monoisotopic (exact) mass is 778 g/mol. The largest absolute Gasteiger partial charge is 0.507 e. The van der Waals surface area contributed by atoms with Crippen LogP contribution in [-0.4, -0.2) is 76.4 Å². The van der Waals surface area contributed by atoms with Crippen molar-refractivity contribution in [1.29, 1.82) is 0 Å². The highest BCUT2D eigenvalue weighted by Gasteiger charge is 2.33. The Morgan fingerprint density at radius 3 is 2.25 bits per heavy atom. The van der Waals surface area contributed by atoms with Crippen molar-refractivity contribution in [1.82, 2.24) is 19.8 Å². The number of carbonyl (C=O) groups is 4. The van der Waals surface area contributed by atoms with Crippen LogP contribution in [0.25, 0.3) is 6.08 Å². The third-order valence-corrected chi connectivity index (χ3v) is 9.72. The Morgan fingerprint density at radius 1 is 0.946 bits per heavy atom. The van der Waals surface area contributed by atoms with Gasteiger partial charge in [0.25, 0.3) is 5.56 Å². The fourth-order valence-electron chi connectivity index (χ4n) is 6.54. The minimum atomic E-state index is -1.17. The van der Waals surface area contributed by atoms with Gasteiger partial charge in [-0.05, 0) is 68.9 Å². The summed E-state index contributed by atoms with van der Waals surface area (Å²) in [5, 5.41) is 28.8. The fourth-order valence-corrected chi connectivity index (χ4v) is 6.54. The maximum atomic E-state index is 13.8. The van der Waals surface area contributed by atoms with Crippen molar-refractivity contribution in [2.75, 3.05) is 21.3 Å². The van der Waals surface area contributed by atoms with E-state index < -0.39 is 65.0 Å². The van der Waals surface area contributed by atoms with E-state index in [1.807, 2.05) is 0 Å². The van der Waals surface area contributed by atoms with Gasteiger partial charge in [-0.3, -0.25) is 28.3 Å². The molecule has 2 aromatic carbocycles. The molecule has 1 aromatic heterocycles. The molecule has 0 fully saturated rings. The Balaban J connectivity index is 1.75. The van der Waals surface area contributed by atoms with Crippen molar-refractivity contribution in [3.63, 3.8) is 0 Å². The lowest BCUT2D eigenvalue weighted by Gasteiger charge is -2.25. The minimum Gasteiger partial charge on any atom is -0.507 e. The number of ketones is 1. The number of phenolic OH excluding ortho intramolecular Hbond substituents is 2. The minimum absolute atomic E-state index is 0.125. The first kappa shape index (κ1) is 42.7. The van der Waals surface area contributed by atoms with Gasteiger partial charge in [0.15, 0.2) is 11.5 Å². The average Bonchev–Trinajstić information content (AvgIpc) is 3.15. The van der Waals surface area contributed by atoms with Gasteiger partial charge in [0.05, 0.1) is 34.0 Å². The Hall–Kier alpha value is -6.06. The topological polar surface area (TPSA) is 214 Å². The number of cyclic esters (lactones) is 1. The lowest BCUT2D eigenvalue weighted by Crippen LogP contribution is -2.46. The van der Waals surface area contributed by atoms with Gasteiger partial charge < -0.3 is 39.8 Å². The van der Waals surface area contributed by atoms with Gasteiger partial charge in [-0.25, -0.2) is 9.59 Å². The molecule has 3 aromatic rings. The summed E-state index contributed by atoms with van der Waals surface area (Å²) in [6.07, 6.45) is 5.01. The number of benzene rings is 2. The van der Waals surface area contributed by atoms with Crippen LogP contribution in [0.1, 0.15) is 97.5 Å². The number of Topliss-reactive ketones (excluding diaryl/α,β-unsaturated/α-hetero) is 1. The van der Waals surface area contributed by atoms with Gasteiger partial charge >= 0.3 is 11.7 Å². The van der Waals surface area contributed by atoms with E-state index in [0.29, 0.717) is 44.1 Å². The summed E-state index contributed by atoms with van der Waals surface area (Å²) in [5.41, 5.74) is -0.802. The number of rotatable bonds is 11. The van der Waals surface area contributed by atoms with E-state index in [-0.39, 0.29) is 52.0 Å². The predicted octanol–water partition coefficient (Wildman–Crippen LogP) is 3.35. The molecule has 2 heterocycles. The average molecular weight is 779 g/mol. The van der Waals surface area contributed by atoms with E-state index in [2.05, 4.69) is 10.6 Å². The fraction of sp³-hybridized carbons (Fsp3) is 0.450. The van der Waals surface area contributed by atoms with E-state index >= 15 is 0 Å². The molecule has 2 amide bonds. The molecule has 4 rings (SSSR count). The van der Waals surface area contributed by atoms with Crippen LogP contribution in [0.3, 0.4) is 0 Å². The first-order valence-corrected chi connectivity index (χ1v) is 18.2. The molecule has 16 nitrogen and oxygen atoms in total. The Labute approximate surface area is 324 Å². The number of fused-ring (bicyclic) bond motifs is 1. The van der Waals surface area contributed by atoms with E-state index in [4.69, 9.17) is 18.9 Å². The van der Waals surface area contributed by atoms with Crippen molar-refractivity contribution in [2.24, 2.45) is 14.1 Å². The summed E-state index contributed by atoms with van der Waals surface area (Å²) in [4.78, 5) is 77.4. The van der Waals surface area contributed by atoms with Crippen LogP contribution >= 0.6 is 0 Å². The Bertz CT molecular complexity index is 2090. The Morgan fingerprint density at radius 2 is 1.61 bits per heavy atom. The molecule has 1 aliphatic heterocycles. The van der Waals surface area contributed by atoms with Crippen LogP contribution in [-0.2, 0) is 39.8 Å². The molecular weight excluding hydrogens is 728 g/mol. The van der Waals surface area contributed by atoms with Gasteiger partial charge in [0.2, 0.25) is 17.6 Å². The molecule has 0 bridgehead atoms. The highest BCUT2D eigenvalue weighted by atomic mass is 16.5. The standard InChI is InChI=1S/C40H50N4O12/c1-22-12-11-15-27(45)14-10-8-9-13-24-16-29(46)35(36(49)34(24)39(51)56-22)28(25-17-30(53-5)37(55-7)31(18-25)54-6)20-32(47)42-23(2)38(50)41-21-26-19-33(48)44(4)40(52)43(26)3/h9,13,16-19,22-23,28,46,49H,8,10-12,14-15,20-21H2,1-7H3,(H,41,50)(H,42,47)/t22-,23-,28?/m0/s1. The van der Waals surface area contributed by atoms with Gasteiger partial charge in [0.1, 0.15) is 28.9 Å². The number of nitrogens with one attached hydrogen (secondary N) is 2. The Kier molecular flexibility index (Phi) is 14.5. The number of methoxy groups -OCH3 is 3. The summed E-state index contributed by atoms with van der Waals surface area (Å²) in [7, 11) is 7.00. The van der Waals surface area contributed by atoms with Gasteiger partial charge in [0, 0.05) is 56.6 Å². The van der Waals surface area contributed by atoms with Crippen LogP contribution in [0.15, 0.2) is 39.9 Å². The highest BCUT2D eigenvalue weighted by molar-refractivity contribution is 5.98. The van der Waals surface area contributed by atoms with Crippen molar-refractivity contribution in [3.05, 3.63) is 79.1 Å². The summed E-state index contributed by atoms with van der Waals surface area (Å²) in [6.45, 7) is 2.95. The lowest BCUT2D eigenvalue weighted by molar-refractivity contribution is -0.128. The number of hydrogen-bond acceptors (Lipinski definition) is 12. The number of amides is 2. The second kappa shape index (κ2) is 19.0. The van der Waals surface area contributed by atoms with E-state index in [0.717, 1.165) is 4.57 Å². The zero-order valence-corrected chi connectivity index (χ0v) is 32.7. The van der Waals surface area contributed by atoms with Crippen molar-refractivity contribution >= 4 is 29.6 Å². The zero-order valence-electron chi connectivity index (χ0n) is 32.7. The molecular formula is C40H50N4O12. The van der Waals surface area contributed by atoms with Gasteiger partial charge in [-0.1, -0.05) is 12.2 Å². The van der Waals surface area contributed by atoms with Crippen LogP contribution < -0.4 is 36.1 Å². The number of hydrogen-bond donors (Lipinski definition) is 4. The number of esters is 1. The summed E-state index contributed by atoms with van der Waals surface area (Å²) < 4.78 is 24.5. The van der Waals surface area contributed by atoms with Crippen LogP contribution in [0.2, 0.25) is 0 Å². The van der Waals surface area contributed by atoms with Gasteiger partial charge in [-0.2, -0.15) is 0 Å². The molecule has 0 spiro atoms. The second-order valence-corrected chi connectivity index (χ2v) is 13.7. The molecule has 1 unspecified atom stereocenters. The zero-order chi connectivity index (χ0) is 41.3. The summed E-state index contributed by atoms with van der Waals surface area (Å²) >= 11 is 0. The first-order valence-electron chi connectivity index (χ1n) is 18.2. The first-order chi connectivity index (χ1) is 26.6. The molecule has 0 saturated carbocycles. The second-order valence-electron chi connectivity index (χ2n) is 13.7. The molecule has 0 aliphatic carbocycles. The smallest absolute Gasteiger partial charge is 0.342 e. The molecule has 302 valence electrons. The summed E-state index contributed by atoms with van der Waals surface area (Å²) in [6, 6.07) is 4.48. The number of phenols is 2. The molecule has 0 radical (unpaired) electrons. The molecule has 1 aliphatic rings. The third kappa shape index (κ3) is 9.97. The number of ether oxygens (including phenoxy) is 4. The lowest BCUT2D eigenvalue weighted by atomic mass is 9.84. The third-order valence-electron chi connectivity index (χ3n) is 9.72. The molecule has 4 N–H and O–H groups in total. The number of nitrogens with zero attached hydrogens (tertiary/aromatic N) is 2. The van der Waals surface area contributed by atoms with Crippen molar-refractivity contribution in [2.45, 2.75) is 83.4 Å². The van der Waals surface area contributed by atoms with E-state index in [1.165, 1.54) is 71.2 Å². The maximum absolute atomic E-state index is 13.8. The number of aromatic nitrogens is 2. The number of allylic oxidation sites excluding steroid dienone is 1. The number of carbonyl (C=O) groups excluding carboxylic acids is 4. The van der Waals surface area contributed by atoms with Crippen LogP contribution in [0, 0.1) is 0 Å². The molecule has 3 atom stereocenters. The normalized spacial score (nSPS) is 16.1. The molecule has 0 saturated heterocycles. The van der Waals surface area contributed by atoms with Crippen molar-refractivity contribution < 1.29 is 48.3 Å².